The quantitative estimate of drug-likeness (QED) is 0.807. The molecule has 1 aromatic heterocycles. The zero-order chi connectivity index (χ0) is 7.56. The lowest BCUT2D eigenvalue weighted by molar-refractivity contribution is 0.940. The Balaban J connectivity index is 0.000001000. The molecule has 0 aliphatic carbocycles. The molecule has 4 heteroatoms. The molecule has 0 amide bonds. The molecule has 0 spiro atoms. The van der Waals surface area contributed by atoms with E-state index in [1.54, 1.807) is 17.4 Å². The summed E-state index contributed by atoms with van der Waals surface area (Å²) in [5.74, 6) is 0. The maximum atomic E-state index is 5.68. The van der Waals surface area contributed by atoms with Crippen LogP contribution in [0.15, 0.2) is 28.6 Å². The van der Waals surface area contributed by atoms with E-state index in [1.807, 2.05) is 12.1 Å². The van der Waals surface area contributed by atoms with E-state index < -0.39 is 0 Å². The summed E-state index contributed by atoms with van der Waals surface area (Å²) < 4.78 is 1.11. The summed E-state index contributed by atoms with van der Waals surface area (Å²) in [6, 6.07) is 3.97. The minimum Gasteiger partial charge on any atom is -0.320 e. The van der Waals surface area contributed by atoms with Crippen LogP contribution >= 0.6 is 39.7 Å². The molecule has 11 heavy (non-hydrogen) atoms. The second-order valence-electron chi connectivity index (χ2n) is 1.90. The van der Waals surface area contributed by atoms with Crippen LogP contribution in [-0.4, -0.2) is 0 Å². The Morgan fingerprint density at radius 2 is 2.27 bits per heavy atom. The molecular weight excluding hydrogens is 246 g/mol. The van der Waals surface area contributed by atoms with Gasteiger partial charge in [-0.1, -0.05) is 6.08 Å². The maximum Gasteiger partial charge on any atom is 0.0702 e. The van der Waals surface area contributed by atoms with Gasteiger partial charge in [0.25, 0.3) is 0 Å². The highest BCUT2D eigenvalue weighted by Gasteiger charge is 2.02. The minimum absolute atomic E-state index is 0. The smallest absolute Gasteiger partial charge is 0.0702 e. The molecule has 62 valence electrons. The Morgan fingerprint density at radius 3 is 2.64 bits per heavy atom. The molecule has 0 saturated heterocycles. The third kappa shape index (κ3) is 2.95. The molecular formula is C7H9BrClNS. The molecule has 0 aliphatic rings. The van der Waals surface area contributed by atoms with Crippen molar-refractivity contribution in [2.24, 2.45) is 5.73 Å². The molecule has 0 fully saturated rings. The van der Waals surface area contributed by atoms with Crippen molar-refractivity contribution < 1.29 is 0 Å². The van der Waals surface area contributed by atoms with E-state index in [0.717, 1.165) is 8.66 Å². The fourth-order valence-electron chi connectivity index (χ4n) is 0.624. The predicted molar refractivity (Wildman–Crippen MR) is 56.4 cm³/mol. The lowest BCUT2D eigenvalue weighted by atomic mass is 10.2. The van der Waals surface area contributed by atoms with Crippen molar-refractivity contribution in [1.29, 1.82) is 0 Å². The highest BCUT2D eigenvalue weighted by atomic mass is 79.9. The molecule has 1 aromatic rings. The number of thiophene rings is 1. The fraction of sp³-hybridized carbons (Fsp3) is 0.143. The number of hydrogen-bond donors (Lipinski definition) is 1. The van der Waals surface area contributed by atoms with Gasteiger partial charge in [0.2, 0.25) is 0 Å². The normalized spacial score (nSPS) is 11.8. The molecule has 0 aliphatic heterocycles. The zero-order valence-electron chi connectivity index (χ0n) is 5.79. The summed E-state index contributed by atoms with van der Waals surface area (Å²) in [6.07, 6.45) is 1.73. The fourth-order valence-corrected chi connectivity index (χ4v) is 2.05. The first-order valence-electron chi connectivity index (χ1n) is 2.87. The number of halogens is 2. The summed E-state index contributed by atoms with van der Waals surface area (Å²) in [5.41, 5.74) is 5.68. The summed E-state index contributed by atoms with van der Waals surface area (Å²) >= 11 is 5.00. The van der Waals surface area contributed by atoms with Crippen molar-refractivity contribution in [3.05, 3.63) is 33.5 Å². The third-order valence-electron chi connectivity index (χ3n) is 1.18. The average Bonchev–Trinajstić information content (AvgIpc) is 2.34. The van der Waals surface area contributed by atoms with Gasteiger partial charge < -0.3 is 5.73 Å². The Labute approximate surface area is 84.8 Å². The van der Waals surface area contributed by atoms with Gasteiger partial charge in [-0.15, -0.1) is 30.3 Å². The standard InChI is InChI=1S/C7H8BrNS.ClH/c1-2-5(9)6-3-4-7(8)10-6;/h2-5H,1,9H2;1H/t5-;/m0./s1. The van der Waals surface area contributed by atoms with Crippen LogP contribution in [0.1, 0.15) is 10.9 Å². The van der Waals surface area contributed by atoms with Crippen LogP contribution < -0.4 is 5.73 Å². The largest absolute Gasteiger partial charge is 0.320 e. The first kappa shape index (κ1) is 11.2. The van der Waals surface area contributed by atoms with E-state index in [0.29, 0.717) is 0 Å². The van der Waals surface area contributed by atoms with Gasteiger partial charge in [-0.25, -0.2) is 0 Å². The van der Waals surface area contributed by atoms with E-state index in [-0.39, 0.29) is 18.4 Å². The van der Waals surface area contributed by atoms with E-state index in [2.05, 4.69) is 22.5 Å². The topological polar surface area (TPSA) is 26.0 Å². The van der Waals surface area contributed by atoms with Crippen LogP contribution in [0.4, 0.5) is 0 Å². The molecule has 0 radical (unpaired) electrons. The summed E-state index contributed by atoms with van der Waals surface area (Å²) in [7, 11) is 0. The Hall–Kier alpha value is 0.170. The molecule has 1 atom stereocenters. The minimum atomic E-state index is -0.0173. The summed E-state index contributed by atoms with van der Waals surface area (Å²) in [6.45, 7) is 3.61. The second-order valence-corrected chi connectivity index (χ2v) is 4.40. The van der Waals surface area contributed by atoms with Gasteiger partial charge in [0.1, 0.15) is 0 Å². The van der Waals surface area contributed by atoms with Gasteiger partial charge >= 0.3 is 0 Å². The van der Waals surface area contributed by atoms with Gasteiger partial charge in [0.05, 0.1) is 9.83 Å². The number of rotatable bonds is 2. The van der Waals surface area contributed by atoms with Gasteiger partial charge in [-0.3, -0.25) is 0 Å². The van der Waals surface area contributed by atoms with Crippen molar-refractivity contribution in [2.75, 3.05) is 0 Å². The first-order chi connectivity index (χ1) is 4.74. The predicted octanol–water partition coefficient (Wildman–Crippen LogP) is 3.12. The number of hydrogen-bond acceptors (Lipinski definition) is 2. The monoisotopic (exact) mass is 253 g/mol. The van der Waals surface area contributed by atoms with Crippen LogP contribution in [0.5, 0.6) is 0 Å². The highest BCUT2D eigenvalue weighted by Crippen LogP contribution is 2.26. The Bertz CT molecular complexity index is 236. The molecule has 0 saturated carbocycles. The molecule has 1 rings (SSSR count). The second kappa shape index (κ2) is 4.93. The van der Waals surface area contributed by atoms with Gasteiger partial charge in [0, 0.05) is 4.88 Å². The molecule has 1 heterocycles. The van der Waals surface area contributed by atoms with Gasteiger partial charge in [-0.05, 0) is 28.1 Å². The van der Waals surface area contributed by atoms with Crippen molar-refractivity contribution in [3.8, 4) is 0 Å². The van der Waals surface area contributed by atoms with Crippen LogP contribution in [-0.2, 0) is 0 Å². The van der Waals surface area contributed by atoms with Crippen molar-refractivity contribution in [3.63, 3.8) is 0 Å². The summed E-state index contributed by atoms with van der Waals surface area (Å²) in [4.78, 5) is 1.14. The van der Waals surface area contributed by atoms with Crippen LogP contribution in [0.3, 0.4) is 0 Å². The first-order valence-corrected chi connectivity index (χ1v) is 4.48. The van der Waals surface area contributed by atoms with Gasteiger partial charge in [-0.2, -0.15) is 0 Å². The van der Waals surface area contributed by atoms with Crippen LogP contribution in [0.25, 0.3) is 0 Å². The number of nitrogens with two attached hydrogens (primary N) is 1. The Kier molecular flexibility index (Phi) is 5.01. The van der Waals surface area contributed by atoms with E-state index in [1.165, 1.54) is 0 Å². The third-order valence-corrected chi connectivity index (χ3v) is 2.90. The van der Waals surface area contributed by atoms with Crippen molar-refractivity contribution in [1.82, 2.24) is 0 Å². The molecule has 2 N–H and O–H groups in total. The average molecular weight is 255 g/mol. The Morgan fingerprint density at radius 1 is 1.64 bits per heavy atom. The van der Waals surface area contributed by atoms with Crippen LogP contribution in [0.2, 0.25) is 0 Å². The van der Waals surface area contributed by atoms with Gasteiger partial charge in [0.15, 0.2) is 0 Å². The highest BCUT2D eigenvalue weighted by molar-refractivity contribution is 9.11. The SMILES string of the molecule is C=C[C@H](N)c1ccc(Br)s1.Cl. The van der Waals surface area contributed by atoms with E-state index in [9.17, 15) is 0 Å². The zero-order valence-corrected chi connectivity index (χ0v) is 9.01. The summed E-state index contributed by atoms with van der Waals surface area (Å²) in [5, 5.41) is 0. The molecule has 0 bridgehead atoms. The molecule has 1 nitrogen and oxygen atoms in total. The van der Waals surface area contributed by atoms with Crippen LogP contribution in [0, 0.1) is 0 Å². The molecule has 0 aromatic carbocycles. The lowest BCUT2D eigenvalue weighted by Crippen LogP contribution is -2.03. The lowest BCUT2D eigenvalue weighted by Gasteiger charge is -1.99. The van der Waals surface area contributed by atoms with Crippen molar-refractivity contribution in [2.45, 2.75) is 6.04 Å². The van der Waals surface area contributed by atoms with Crippen molar-refractivity contribution >= 4 is 39.7 Å². The molecule has 0 unspecified atom stereocenters. The van der Waals surface area contributed by atoms with E-state index in [4.69, 9.17) is 5.73 Å². The maximum absolute atomic E-state index is 5.68. The van der Waals surface area contributed by atoms with E-state index >= 15 is 0 Å².